The number of nitrogens with zero attached hydrogens (tertiary/aromatic N) is 1. The normalized spacial score (nSPS) is 17.5. The summed E-state index contributed by atoms with van der Waals surface area (Å²) in [5, 5.41) is 0.922. The highest BCUT2D eigenvalue weighted by Gasteiger charge is 2.22. The molecule has 0 aromatic rings. The molecule has 1 aliphatic heterocycles. The van der Waals surface area contributed by atoms with E-state index in [9.17, 15) is 9.59 Å². The van der Waals surface area contributed by atoms with Gasteiger partial charge in [0.05, 0.1) is 13.2 Å². The number of carbonyl (C=O) groups is 2. The summed E-state index contributed by atoms with van der Waals surface area (Å²) < 4.78 is 4.60. The third kappa shape index (κ3) is 2.10. The molecule has 11 heavy (non-hydrogen) atoms. The quantitative estimate of drug-likeness (QED) is 0.552. The Labute approximate surface area is 63.8 Å². The lowest BCUT2D eigenvalue weighted by Gasteiger charge is -2.23. The van der Waals surface area contributed by atoms with Gasteiger partial charge in [0.2, 0.25) is 0 Å². The van der Waals surface area contributed by atoms with Crippen LogP contribution in [0.25, 0.3) is 0 Å². The van der Waals surface area contributed by atoms with Crippen LogP contribution in [-0.4, -0.2) is 30.3 Å². The largest absolute Gasteiger partial charge is 0.447 e. The van der Waals surface area contributed by atoms with E-state index < -0.39 is 12.1 Å². The van der Waals surface area contributed by atoms with Crippen LogP contribution in [0.4, 0.5) is 4.79 Å². The highest BCUT2D eigenvalue weighted by molar-refractivity contribution is 5.71. The van der Waals surface area contributed by atoms with Crippen LogP contribution >= 0.6 is 0 Å². The lowest BCUT2D eigenvalue weighted by Crippen LogP contribution is -2.38. The summed E-state index contributed by atoms with van der Waals surface area (Å²) in [6.07, 6.45) is 0.102. The topological polar surface area (TPSA) is 55.8 Å². The van der Waals surface area contributed by atoms with Crippen LogP contribution in [0.15, 0.2) is 0 Å². The molecule has 0 saturated carbocycles. The molecule has 5 nitrogen and oxygen atoms in total. The zero-order valence-corrected chi connectivity index (χ0v) is 6.20. The van der Waals surface area contributed by atoms with Gasteiger partial charge in [-0.25, -0.2) is 4.79 Å². The molecule has 0 radical (unpaired) electrons. The van der Waals surface area contributed by atoms with Crippen molar-refractivity contribution < 1.29 is 19.2 Å². The van der Waals surface area contributed by atoms with Gasteiger partial charge in [-0.15, -0.1) is 5.06 Å². The van der Waals surface area contributed by atoms with Crippen molar-refractivity contribution in [2.75, 3.05) is 13.2 Å². The van der Waals surface area contributed by atoms with Crippen LogP contribution in [0, 0.1) is 0 Å². The predicted octanol–water partition coefficient (Wildman–Crippen LogP) is 0.307. The maximum Gasteiger partial charge on any atom is 0.443 e. The molecular formula is C6H9NO4. The lowest BCUT2D eigenvalue weighted by molar-refractivity contribution is -0.183. The summed E-state index contributed by atoms with van der Waals surface area (Å²) in [5.74, 6) is -0.510. The molecule has 0 aromatic carbocycles. The summed E-state index contributed by atoms with van der Waals surface area (Å²) >= 11 is 0. The van der Waals surface area contributed by atoms with Crippen LogP contribution in [0.3, 0.4) is 0 Å². The third-order valence-corrected chi connectivity index (χ3v) is 1.17. The van der Waals surface area contributed by atoms with Gasteiger partial charge >= 0.3 is 12.1 Å². The summed E-state index contributed by atoms with van der Waals surface area (Å²) in [6, 6.07) is 0. The Morgan fingerprint density at radius 1 is 1.73 bits per heavy atom. The molecule has 62 valence electrons. The molecule has 1 aliphatic rings. The fourth-order valence-corrected chi connectivity index (χ4v) is 0.769. The number of amides is 1. The number of hydrogen-bond acceptors (Lipinski definition) is 4. The van der Waals surface area contributed by atoms with Crippen molar-refractivity contribution >= 4 is 12.1 Å². The molecule has 0 N–H and O–H groups in total. The Hall–Kier alpha value is -1.26. The van der Waals surface area contributed by atoms with Gasteiger partial charge in [0.1, 0.15) is 0 Å². The SMILES string of the molecule is CC(=O)ON1CCCOC1=O. The maximum absolute atomic E-state index is 10.8. The molecule has 5 heteroatoms. The van der Waals surface area contributed by atoms with Gasteiger partial charge < -0.3 is 9.57 Å². The number of ether oxygens (including phenoxy) is 1. The molecule has 0 unspecified atom stereocenters. The zero-order chi connectivity index (χ0) is 8.27. The number of rotatable bonds is 1. The second kappa shape index (κ2) is 3.23. The highest BCUT2D eigenvalue weighted by atomic mass is 16.8. The number of cyclic esters (lactones) is 1. The number of hydrogen-bond donors (Lipinski definition) is 0. The van der Waals surface area contributed by atoms with Crippen molar-refractivity contribution in [3.8, 4) is 0 Å². The Kier molecular flexibility index (Phi) is 2.30. The van der Waals surface area contributed by atoms with Crippen molar-refractivity contribution in [1.29, 1.82) is 0 Å². The minimum absolute atomic E-state index is 0.399. The maximum atomic E-state index is 10.8. The van der Waals surface area contributed by atoms with E-state index >= 15 is 0 Å². The first-order chi connectivity index (χ1) is 5.20. The van der Waals surface area contributed by atoms with Gasteiger partial charge in [0.25, 0.3) is 0 Å². The zero-order valence-electron chi connectivity index (χ0n) is 6.20. The Balaban J connectivity index is 2.42. The smallest absolute Gasteiger partial charge is 0.443 e. The summed E-state index contributed by atoms with van der Waals surface area (Å²) in [4.78, 5) is 25.7. The summed E-state index contributed by atoms with van der Waals surface area (Å²) in [7, 11) is 0. The molecule has 0 bridgehead atoms. The van der Waals surface area contributed by atoms with E-state index in [0.717, 1.165) is 5.06 Å². The Bertz CT molecular complexity index is 179. The van der Waals surface area contributed by atoms with Crippen molar-refractivity contribution in [2.24, 2.45) is 0 Å². The van der Waals surface area contributed by atoms with Crippen molar-refractivity contribution in [3.05, 3.63) is 0 Å². The molecule has 0 aliphatic carbocycles. The first-order valence-corrected chi connectivity index (χ1v) is 3.33. The van der Waals surface area contributed by atoms with Crippen LogP contribution in [0.1, 0.15) is 13.3 Å². The molecule has 0 aromatic heterocycles. The van der Waals surface area contributed by atoms with Gasteiger partial charge in [-0.2, -0.15) is 0 Å². The van der Waals surface area contributed by atoms with Crippen LogP contribution < -0.4 is 0 Å². The summed E-state index contributed by atoms with van der Waals surface area (Å²) in [6.45, 7) is 2.05. The van der Waals surface area contributed by atoms with Gasteiger partial charge in [0, 0.05) is 13.3 Å². The van der Waals surface area contributed by atoms with Crippen LogP contribution in [0.2, 0.25) is 0 Å². The average Bonchev–Trinajstić information content (AvgIpc) is 1.93. The van der Waals surface area contributed by atoms with Gasteiger partial charge in [0.15, 0.2) is 0 Å². The van der Waals surface area contributed by atoms with Crippen LogP contribution in [0.5, 0.6) is 0 Å². The molecule has 1 saturated heterocycles. The lowest BCUT2D eigenvalue weighted by atomic mass is 10.4. The van der Waals surface area contributed by atoms with E-state index in [1.165, 1.54) is 6.92 Å². The minimum Gasteiger partial charge on any atom is -0.447 e. The molecule has 1 amide bonds. The molecule has 0 spiro atoms. The van der Waals surface area contributed by atoms with Gasteiger partial charge in [-0.1, -0.05) is 0 Å². The van der Waals surface area contributed by atoms with E-state index in [4.69, 9.17) is 0 Å². The molecule has 1 fully saturated rings. The summed E-state index contributed by atoms with van der Waals surface area (Å²) in [5.41, 5.74) is 0. The van der Waals surface area contributed by atoms with Gasteiger partial charge in [-0.05, 0) is 0 Å². The molecule has 0 atom stereocenters. The second-order valence-electron chi connectivity index (χ2n) is 2.15. The van der Waals surface area contributed by atoms with Crippen molar-refractivity contribution in [2.45, 2.75) is 13.3 Å². The standard InChI is InChI=1S/C6H9NO4/c1-5(8)11-7-3-2-4-10-6(7)9/h2-4H2,1H3. The Morgan fingerprint density at radius 2 is 2.45 bits per heavy atom. The van der Waals surface area contributed by atoms with Gasteiger partial charge in [-0.3, -0.25) is 4.79 Å². The van der Waals surface area contributed by atoms with E-state index in [2.05, 4.69) is 9.57 Å². The van der Waals surface area contributed by atoms with Crippen LogP contribution in [-0.2, 0) is 14.4 Å². The Morgan fingerprint density at radius 3 is 3.00 bits per heavy atom. The molecular weight excluding hydrogens is 150 g/mol. The van der Waals surface area contributed by atoms with E-state index in [1.807, 2.05) is 0 Å². The first kappa shape index (κ1) is 7.84. The minimum atomic E-state index is -0.591. The fourth-order valence-electron chi connectivity index (χ4n) is 0.769. The second-order valence-corrected chi connectivity index (χ2v) is 2.15. The van der Waals surface area contributed by atoms with E-state index in [0.29, 0.717) is 19.6 Å². The first-order valence-electron chi connectivity index (χ1n) is 3.33. The number of hydroxylamine groups is 2. The van der Waals surface area contributed by atoms with E-state index in [1.54, 1.807) is 0 Å². The van der Waals surface area contributed by atoms with Crippen molar-refractivity contribution in [1.82, 2.24) is 5.06 Å². The highest BCUT2D eigenvalue weighted by Crippen LogP contribution is 2.04. The average molecular weight is 159 g/mol. The van der Waals surface area contributed by atoms with E-state index in [-0.39, 0.29) is 0 Å². The predicted molar refractivity (Wildman–Crippen MR) is 34.4 cm³/mol. The monoisotopic (exact) mass is 159 g/mol. The molecule has 1 heterocycles. The third-order valence-electron chi connectivity index (χ3n) is 1.17. The van der Waals surface area contributed by atoms with Crippen molar-refractivity contribution in [3.63, 3.8) is 0 Å². The fraction of sp³-hybridized carbons (Fsp3) is 0.667. The number of carbonyl (C=O) groups excluding carboxylic acids is 2. The molecule has 1 rings (SSSR count).